The summed E-state index contributed by atoms with van der Waals surface area (Å²) in [7, 11) is -0.519. The van der Waals surface area contributed by atoms with Gasteiger partial charge in [0.2, 0.25) is 0 Å². The number of benzene rings is 4. The van der Waals surface area contributed by atoms with Crippen LogP contribution >= 0.6 is 20.1 Å². The highest BCUT2D eigenvalue weighted by molar-refractivity contribution is 7.80. The van der Waals surface area contributed by atoms with Gasteiger partial charge < -0.3 is 10.6 Å². The van der Waals surface area contributed by atoms with Crippen LogP contribution in [-0.4, -0.2) is 17.3 Å². The molecule has 0 aliphatic carbocycles. The average molecular weight is 525 g/mol. The van der Waals surface area contributed by atoms with Crippen LogP contribution in [-0.2, 0) is 0 Å². The Hall–Kier alpha value is -3.00. The van der Waals surface area contributed by atoms with Crippen LogP contribution in [0.2, 0.25) is 0 Å². The minimum Gasteiger partial charge on any atom is -0.359 e. The van der Waals surface area contributed by atoms with Gasteiger partial charge in [-0.25, -0.2) is 0 Å². The molecule has 4 aromatic rings. The molecule has 0 saturated carbocycles. The van der Waals surface area contributed by atoms with Gasteiger partial charge in [0.25, 0.3) is 0 Å². The van der Waals surface area contributed by atoms with Gasteiger partial charge in [-0.15, -0.1) is 0 Å². The first-order chi connectivity index (χ1) is 17.9. The number of rotatable bonds is 9. The molecule has 4 aromatic carbocycles. The zero-order valence-electron chi connectivity index (χ0n) is 22.2. The molecule has 0 aromatic heterocycles. The van der Waals surface area contributed by atoms with E-state index in [2.05, 4.69) is 148 Å². The first kappa shape index (κ1) is 27.0. The molecule has 0 saturated heterocycles. The molecule has 0 aliphatic heterocycles. The smallest absolute Gasteiger partial charge is 0.167 e. The molecule has 1 atom stereocenters. The van der Waals surface area contributed by atoms with Gasteiger partial charge in [-0.2, -0.15) is 0 Å². The van der Waals surface area contributed by atoms with Gasteiger partial charge in [0.1, 0.15) is 0 Å². The predicted molar refractivity (Wildman–Crippen MR) is 166 cm³/mol. The molecule has 0 amide bonds. The van der Waals surface area contributed by atoms with Gasteiger partial charge in [0, 0.05) is 6.04 Å². The van der Waals surface area contributed by atoms with E-state index in [1.807, 2.05) is 0 Å². The fourth-order valence-electron chi connectivity index (χ4n) is 4.41. The Balaban J connectivity index is 1.56. The van der Waals surface area contributed by atoms with E-state index in [9.17, 15) is 0 Å². The van der Waals surface area contributed by atoms with Gasteiger partial charge in [-0.1, -0.05) is 134 Å². The summed E-state index contributed by atoms with van der Waals surface area (Å²) >= 11 is 5.95. The van der Waals surface area contributed by atoms with Crippen molar-refractivity contribution < 1.29 is 0 Å². The van der Waals surface area contributed by atoms with E-state index in [0.29, 0.717) is 11.0 Å². The van der Waals surface area contributed by atoms with Gasteiger partial charge in [0.05, 0.1) is 6.04 Å². The maximum Gasteiger partial charge on any atom is 0.167 e. The summed E-state index contributed by atoms with van der Waals surface area (Å²) in [5.41, 5.74) is 4.91. The number of thiocarbonyl (C=S) groups is 1. The van der Waals surface area contributed by atoms with Crippen LogP contribution in [0.25, 0.3) is 0 Å². The molecule has 4 rings (SSSR count). The highest BCUT2D eigenvalue weighted by atomic mass is 32.1. The van der Waals surface area contributed by atoms with Gasteiger partial charge >= 0.3 is 0 Å². The van der Waals surface area contributed by atoms with Gasteiger partial charge in [-0.05, 0) is 67.8 Å². The lowest BCUT2D eigenvalue weighted by Crippen LogP contribution is -2.47. The average Bonchev–Trinajstić information content (AvgIpc) is 2.91. The Labute approximate surface area is 229 Å². The zero-order valence-corrected chi connectivity index (χ0v) is 23.9. The maximum absolute atomic E-state index is 5.95. The molecule has 0 radical (unpaired) electrons. The fourth-order valence-corrected chi connectivity index (χ4v) is 7.37. The lowest BCUT2D eigenvalue weighted by Gasteiger charge is -2.31. The molecule has 2 N–H and O–H groups in total. The second kappa shape index (κ2) is 13.0. The molecule has 2 nitrogen and oxygen atoms in total. The largest absolute Gasteiger partial charge is 0.359 e. The summed E-state index contributed by atoms with van der Waals surface area (Å²) in [6, 6.07) is 39.5. The predicted octanol–water partition coefficient (Wildman–Crippen LogP) is 7.01. The maximum atomic E-state index is 5.95. The van der Waals surface area contributed by atoms with E-state index in [-0.39, 0.29) is 12.1 Å². The Morgan fingerprint density at radius 1 is 0.649 bits per heavy atom. The first-order valence-corrected chi connectivity index (χ1v) is 14.9. The summed E-state index contributed by atoms with van der Waals surface area (Å²) in [5.74, 6) is 0.425. The lowest BCUT2D eigenvalue weighted by atomic mass is 9.97. The van der Waals surface area contributed by atoms with E-state index in [1.165, 1.54) is 32.9 Å². The summed E-state index contributed by atoms with van der Waals surface area (Å²) in [6.07, 6.45) is 1.02. The first-order valence-electron chi connectivity index (χ1n) is 13.0. The second-order valence-electron chi connectivity index (χ2n) is 10.0. The van der Waals surface area contributed by atoms with Crippen LogP contribution in [0.4, 0.5) is 0 Å². The van der Waals surface area contributed by atoms with Crippen LogP contribution in [0.5, 0.6) is 0 Å². The van der Waals surface area contributed by atoms with Crippen molar-refractivity contribution in [1.29, 1.82) is 0 Å². The van der Waals surface area contributed by atoms with E-state index >= 15 is 0 Å². The van der Waals surface area contributed by atoms with E-state index in [4.69, 9.17) is 12.2 Å². The van der Waals surface area contributed by atoms with Crippen molar-refractivity contribution in [2.45, 2.75) is 39.8 Å². The Morgan fingerprint density at radius 2 is 1.08 bits per heavy atom. The van der Waals surface area contributed by atoms with Crippen molar-refractivity contribution >= 4 is 35.9 Å². The summed E-state index contributed by atoms with van der Waals surface area (Å²) in [6.45, 7) is 8.80. The fraction of sp³-hybridized carbons (Fsp3) is 0.242. The summed E-state index contributed by atoms with van der Waals surface area (Å²) in [4.78, 5) is 0. The molecule has 0 aliphatic rings. The lowest BCUT2D eigenvalue weighted by molar-refractivity contribution is 0.487. The van der Waals surface area contributed by atoms with Crippen molar-refractivity contribution in [2.75, 3.05) is 6.16 Å². The molecule has 4 heteroatoms. The Morgan fingerprint density at radius 3 is 1.49 bits per heavy atom. The Kier molecular flexibility index (Phi) is 9.50. The molecular formula is C33H37N2PS. The van der Waals surface area contributed by atoms with E-state index in [1.54, 1.807) is 0 Å². The number of hydrogen-bond donors (Lipinski definition) is 2. The second-order valence-corrected chi connectivity index (χ2v) is 12.7. The quantitative estimate of drug-likeness (QED) is 0.182. The van der Waals surface area contributed by atoms with Crippen molar-refractivity contribution in [3.05, 3.63) is 131 Å². The molecule has 0 bridgehead atoms. The molecule has 0 unspecified atom stereocenters. The van der Waals surface area contributed by atoms with Crippen molar-refractivity contribution in [1.82, 2.24) is 10.6 Å². The summed E-state index contributed by atoms with van der Waals surface area (Å²) in [5, 5.41) is 10.9. The van der Waals surface area contributed by atoms with Crippen LogP contribution in [0.1, 0.15) is 42.1 Å². The van der Waals surface area contributed by atoms with Crippen LogP contribution < -0.4 is 21.2 Å². The summed E-state index contributed by atoms with van der Waals surface area (Å²) < 4.78 is 0. The van der Waals surface area contributed by atoms with Crippen molar-refractivity contribution in [3.63, 3.8) is 0 Å². The highest BCUT2D eigenvalue weighted by Crippen LogP contribution is 2.35. The van der Waals surface area contributed by atoms with Crippen molar-refractivity contribution in [2.24, 2.45) is 5.92 Å². The normalized spacial score (nSPS) is 12.1. The van der Waals surface area contributed by atoms with Gasteiger partial charge in [-0.3, -0.25) is 0 Å². The standard InChI is InChI=1S/C33H37N2PS/c1-24(2)31(23-36(29-11-7-5-8-12-29)30-13-9-6-10-14-30)34-33(37)35-32(27-19-15-25(3)16-20-27)28-21-17-26(4)18-22-28/h5-22,24,31-32H,23H2,1-4H3,(H2,34,35,37)/t31-/m1/s1. The minimum absolute atomic E-state index is 0.0150. The minimum atomic E-state index is -0.519. The Bertz CT molecular complexity index is 1170. The number of hydrogen-bond acceptors (Lipinski definition) is 1. The number of nitrogens with one attached hydrogen (secondary N) is 2. The SMILES string of the molecule is Cc1ccc(C(NC(=S)N[C@H](CP(c2ccccc2)c2ccccc2)C(C)C)c2ccc(C)cc2)cc1. The third-order valence-corrected chi connectivity index (χ3v) is 9.57. The van der Waals surface area contributed by atoms with E-state index in [0.717, 1.165) is 6.16 Å². The van der Waals surface area contributed by atoms with Gasteiger partial charge in [0.15, 0.2) is 5.11 Å². The third-order valence-electron chi connectivity index (χ3n) is 6.73. The molecular weight excluding hydrogens is 487 g/mol. The van der Waals surface area contributed by atoms with Crippen LogP contribution in [0.3, 0.4) is 0 Å². The highest BCUT2D eigenvalue weighted by Gasteiger charge is 2.24. The monoisotopic (exact) mass is 524 g/mol. The van der Waals surface area contributed by atoms with Crippen molar-refractivity contribution in [3.8, 4) is 0 Å². The molecule has 37 heavy (non-hydrogen) atoms. The number of aryl methyl sites for hydroxylation is 2. The third kappa shape index (κ3) is 7.51. The molecule has 190 valence electrons. The van der Waals surface area contributed by atoms with Crippen LogP contribution in [0.15, 0.2) is 109 Å². The van der Waals surface area contributed by atoms with Crippen LogP contribution in [0, 0.1) is 19.8 Å². The topological polar surface area (TPSA) is 24.1 Å². The molecule has 0 fully saturated rings. The zero-order chi connectivity index (χ0) is 26.2. The molecule has 0 heterocycles. The molecule has 0 spiro atoms. The van der Waals surface area contributed by atoms with E-state index < -0.39 is 7.92 Å².